The molecule has 1 unspecified atom stereocenters. The number of benzene rings is 8. The summed E-state index contributed by atoms with van der Waals surface area (Å²) in [6.07, 6.45) is 1.16. The molecule has 0 N–H and O–H groups in total. The van der Waals surface area contributed by atoms with Gasteiger partial charge in [-0.2, -0.15) is 9.97 Å². The van der Waals surface area contributed by atoms with Gasteiger partial charge in [0.2, 0.25) is 5.95 Å². The van der Waals surface area contributed by atoms with E-state index in [1.165, 1.54) is 55.1 Å². The first-order valence-electron chi connectivity index (χ1n) is 22.8. The van der Waals surface area contributed by atoms with Gasteiger partial charge in [-0.25, -0.2) is 4.98 Å². The highest BCUT2D eigenvalue weighted by Gasteiger charge is 2.42. The Hall–Kier alpha value is -7.63. The molecule has 8 aromatic carbocycles. The molecule has 0 radical (unpaired) electrons. The summed E-state index contributed by atoms with van der Waals surface area (Å²) in [6, 6.07) is 67.4. The predicted octanol–water partition coefficient (Wildman–Crippen LogP) is 15.3. The van der Waals surface area contributed by atoms with Gasteiger partial charge in [0.15, 0.2) is 11.6 Å². The van der Waals surface area contributed by atoms with Crippen molar-refractivity contribution in [3.8, 4) is 56.7 Å². The Balaban J connectivity index is 1.08. The van der Waals surface area contributed by atoms with Crippen LogP contribution in [0.1, 0.15) is 52.2 Å². The van der Waals surface area contributed by atoms with Gasteiger partial charge >= 0.3 is 0 Å². The van der Waals surface area contributed by atoms with Gasteiger partial charge < -0.3 is 4.57 Å². The van der Waals surface area contributed by atoms with Crippen LogP contribution in [0.15, 0.2) is 188 Å². The van der Waals surface area contributed by atoms with Crippen molar-refractivity contribution in [1.82, 2.24) is 24.1 Å². The lowest BCUT2D eigenvalue weighted by Crippen LogP contribution is -2.40. The summed E-state index contributed by atoms with van der Waals surface area (Å²) < 4.78 is 4.72. The van der Waals surface area contributed by atoms with Crippen LogP contribution < -0.4 is 0 Å². The van der Waals surface area contributed by atoms with E-state index in [4.69, 9.17) is 15.0 Å². The lowest BCUT2D eigenvalue weighted by Gasteiger charge is -2.46. The fraction of sp³-hybridized carbons (Fsp3) is 0.150. The maximum absolute atomic E-state index is 5.34. The largest absolute Gasteiger partial charge is 0.309 e. The normalized spacial score (nSPS) is 15.5. The Morgan fingerprint density at radius 3 is 1.40 bits per heavy atom. The Labute approximate surface area is 379 Å². The van der Waals surface area contributed by atoms with Crippen molar-refractivity contribution in [2.24, 2.45) is 5.92 Å². The minimum Gasteiger partial charge on any atom is -0.309 e. The van der Waals surface area contributed by atoms with Crippen molar-refractivity contribution in [2.75, 3.05) is 0 Å². The van der Waals surface area contributed by atoms with Crippen molar-refractivity contribution in [3.63, 3.8) is 0 Å². The standard InChI is InChI=1S/C60H49N5/c1-38-37-59(2,3)49-36-45(32-33-48(49)60(38,4)5)64-50-22-14-12-20-46(50)54-52(64)34-35-53-55(54)47-21-13-15-23-51(47)65(53)58-62-56(43-28-24-41(25-29-43)39-16-8-6-9-17-39)61-57(63-58)44-30-26-42(27-31-44)40-18-10-7-11-19-40/h6-36,38H,37H2,1-5H3. The van der Waals surface area contributed by atoms with E-state index in [1.807, 2.05) is 12.1 Å². The van der Waals surface area contributed by atoms with Gasteiger partial charge in [0.25, 0.3) is 0 Å². The maximum atomic E-state index is 5.34. The molecule has 3 heterocycles. The molecule has 11 aromatic rings. The zero-order valence-corrected chi connectivity index (χ0v) is 37.4. The first kappa shape index (κ1) is 39.0. The molecule has 5 nitrogen and oxygen atoms in total. The molecule has 0 spiro atoms. The molecule has 12 rings (SSSR count). The summed E-state index contributed by atoms with van der Waals surface area (Å²) in [4.78, 5) is 15.9. The van der Waals surface area contributed by atoms with Crippen LogP contribution in [0.25, 0.3) is 100 Å². The van der Waals surface area contributed by atoms with Crippen molar-refractivity contribution in [2.45, 2.75) is 51.9 Å². The number of para-hydroxylation sites is 2. The highest BCUT2D eigenvalue weighted by atomic mass is 15.2. The van der Waals surface area contributed by atoms with E-state index in [1.54, 1.807) is 0 Å². The summed E-state index contributed by atoms with van der Waals surface area (Å²) in [5, 5.41) is 4.78. The molecule has 1 aliphatic carbocycles. The van der Waals surface area contributed by atoms with Crippen LogP contribution in [0.5, 0.6) is 0 Å². The van der Waals surface area contributed by atoms with E-state index in [0.717, 1.165) is 45.1 Å². The van der Waals surface area contributed by atoms with E-state index in [-0.39, 0.29) is 10.8 Å². The minimum atomic E-state index is 0.0653. The van der Waals surface area contributed by atoms with Gasteiger partial charge in [0.1, 0.15) is 0 Å². The molecule has 0 fully saturated rings. The summed E-state index contributed by atoms with van der Waals surface area (Å²) in [5.74, 6) is 2.40. The molecule has 314 valence electrons. The highest BCUT2D eigenvalue weighted by molar-refractivity contribution is 6.28. The van der Waals surface area contributed by atoms with E-state index in [2.05, 4.69) is 220 Å². The molecule has 3 aromatic heterocycles. The van der Waals surface area contributed by atoms with Gasteiger partial charge in [-0.15, -0.1) is 0 Å². The molecule has 0 saturated carbocycles. The topological polar surface area (TPSA) is 48.5 Å². The Bertz CT molecular complexity index is 3510. The quantitative estimate of drug-likeness (QED) is 0.168. The molecule has 0 saturated heterocycles. The van der Waals surface area contributed by atoms with Crippen LogP contribution in [-0.2, 0) is 10.8 Å². The monoisotopic (exact) mass is 839 g/mol. The summed E-state index contributed by atoms with van der Waals surface area (Å²) in [5.41, 5.74) is 15.2. The third-order valence-corrected chi connectivity index (χ3v) is 14.5. The molecule has 1 atom stereocenters. The molecule has 0 aliphatic heterocycles. The fourth-order valence-electron chi connectivity index (χ4n) is 10.8. The van der Waals surface area contributed by atoms with Crippen molar-refractivity contribution < 1.29 is 0 Å². The van der Waals surface area contributed by atoms with Crippen molar-refractivity contribution >= 4 is 43.6 Å². The molecule has 1 aliphatic rings. The lowest BCUT2D eigenvalue weighted by molar-refractivity contribution is 0.233. The van der Waals surface area contributed by atoms with E-state index >= 15 is 0 Å². The molecular formula is C60H49N5. The van der Waals surface area contributed by atoms with Crippen LogP contribution >= 0.6 is 0 Å². The molecule has 0 bridgehead atoms. The zero-order valence-electron chi connectivity index (χ0n) is 37.4. The number of rotatable bonds is 6. The zero-order chi connectivity index (χ0) is 44.0. The Morgan fingerprint density at radius 1 is 0.415 bits per heavy atom. The van der Waals surface area contributed by atoms with Gasteiger partial charge in [0, 0.05) is 38.4 Å². The van der Waals surface area contributed by atoms with Gasteiger partial charge in [-0.1, -0.05) is 186 Å². The number of hydrogen-bond donors (Lipinski definition) is 0. The van der Waals surface area contributed by atoms with Gasteiger partial charge in [-0.3, -0.25) is 4.57 Å². The second-order valence-corrected chi connectivity index (χ2v) is 19.2. The summed E-state index contributed by atoms with van der Waals surface area (Å²) in [7, 11) is 0. The van der Waals surface area contributed by atoms with Crippen molar-refractivity contribution in [3.05, 3.63) is 199 Å². The second-order valence-electron chi connectivity index (χ2n) is 19.2. The highest BCUT2D eigenvalue weighted by Crippen LogP contribution is 2.50. The third-order valence-electron chi connectivity index (χ3n) is 14.5. The summed E-state index contributed by atoms with van der Waals surface area (Å²) in [6.45, 7) is 12.1. The Kier molecular flexibility index (Phi) is 8.83. The SMILES string of the molecule is CC1CC(C)(C)c2cc(-n3c4ccccc4c4c5c6ccccc6n(-c6nc(-c7ccc(-c8ccccc8)cc7)nc(-c7ccc(-c8ccccc8)cc7)n6)c5ccc43)ccc2C1(C)C. The minimum absolute atomic E-state index is 0.0653. The number of hydrogen-bond acceptors (Lipinski definition) is 3. The third kappa shape index (κ3) is 6.24. The van der Waals surface area contributed by atoms with Crippen LogP contribution in [-0.4, -0.2) is 24.1 Å². The van der Waals surface area contributed by atoms with Crippen LogP contribution in [0.3, 0.4) is 0 Å². The van der Waals surface area contributed by atoms with Crippen LogP contribution in [0.4, 0.5) is 0 Å². The predicted molar refractivity (Wildman–Crippen MR) is 270 cm³/mol. The van der Waals surface area contributed by atoms with E-state index in [9.17, 15) is 0 Å². The fourth-order valence-corrected chi connectivity index (χ4v) is 10.8. The number of fused-ring (bicyclic) bond motifs is 8. The first-order valence-corrected chi connectivity index (χ1v) is 22.8. The van der Waals surface area contributed by atoms with Gasteiger partial charge in [-0.05, 0) is 92.9 Å². The van der Waals surface area contributed by atoms with Crippen LogP contribution in [0, 0.1) is 5.92 Å². The second kappa shape index (κ2) is 14.7. The van der Waals surface area contributed by atoms with Gasteiger partial charge in [0.05, 0.1) is 22.1 Å². The van der Waals surface area contributed by atoms with Crippen LogP contribution in [0.2, 0.25) is 0 Å². The lowest BCUT2D eigenvalue weighted by atomic mass is 9.58. The van der Waals surface area contributed by atoms with E-state index in [0.29, 0.717) is 23.5 Å². The van der Waals surface area contributed by atoms with E-state index < -0.39 is 0 Å². The van der Waals surface area contributed by atoms with Crippen molar-refractivity contribution in [1.29, 1.82) is 0 Å². The number of nitrogens with zero attached hydrogens (tertiary/aromatic N) is 5. The summed E-state index contributed by atoms with van der Waals surface area (Å²) >= 11 is 0. The molecule has 65 heavy (non-hydrogen) atoms. The molecular weight excluding hydrogens is 791 g/mol. The Morgan fingerprint density at radius 2 is 0.862 bits per heavy atom. The maximum Gasteiger partial charge on any atom is 0.238 e. The molecule has 5 heteroatoms. The smallest absolute Gasteiger partial charge is 0.238 e. The average molecular weight is 840 g/mol. The number of aromatic nitrogens is 5. The first-order chi connectivity index (χ1) is 31.6. The average Bonchev–Trinajstić information content (AvgIpc) is 3.87. The molecule has 0 amide bonds.